The van der Waals surface area contributed by atoms with E-state index in [-0.39, 0.29) is 0 Å². The average Bonchev–Trinajstić information content (AvgIpc) is 3.33. The standard InChI is InChI=1S/C9H12.C8H10.C6H12.C5H10/c1-3-9-6-4-8(2)5-7-9;1-7-3-5-8(2)6-4-7;1-2-4-6-5-3-1;1-2-4-5-3-1/h4-7H,3H2,1-2H3;3-6H,1-2H3;1-6H2;1-5H2. The van der Waals surface area contributed by atoms with Gasteiger partial charge < -0.3 is 0 Å². The molecule has 0 aromatic heterocycles. The van der Waals surface area contributed by atoms with Crippen molar-refractivity contribution in [1.29, 1.82) is 0 Å². The van der Waals surface area contributed by atoms with Crippen LogP contribution in [0.4, 0.5) is 0 Å². The first kappa shape index (κ1) is 24.5. The summed E-state index contributed by atoms with van der Waals surface area (Å²) < 4.78 is 0. The monoisotopic (exact) mass is 380 g/mol. The van der Waals surface area contributed by atoms with Crippen molar-refractivity contribution in [3.05, 3.63) is 70.8 Å². The van der Waals surface area contributed by atoms with Crippen LogP contribution in [0, 0.1) is 20.8 Å². The molecule has 2 aromatic carbocycles. The van der Waals surface area contributed by atoms with Crippen LogP contribution >= 0.6 is 0 Å². The van der Waals surface area contributed by atoms with Gasteiger partial charge in [-0.3, -0.25) is 0 Å². The second-order valence-electron chi connectivity index (χ2n) is 8.38. The van der Waals surface area contributed by atoms with Crippen molar-refractivity contribution in [3.63, 3.8) is 0 Å². The molecule has 0 bridgehead atoms. The molecule has 2 aromatic rings. The first-order chi connectivity index (χ1) is 13.6. The topological polar surface area (TPSA) is 0 Å². The Hall–Kier alpha value is -1.56. The lowest BCUT2D eigenvalue weighted by Gasteiger charge is -2.05. The van der Waals surface area contributed by atoms with Crippen LogP contribution in [0.15, 0.2) is 48.5 Å². The molecule has 0 atom stereocenters. The maximum absolute atomic E-state index is 2.18. The van der Waals surface area contributed by atoms with E-state index in [9.17, 15) is 0 Å². The summed E-state index contributed by atoms with van der Waals surface area (Å²) in [5.74, 6) is 0. The van der Waals surface area contributed by atoms with Gasteiger partial charge in [-0.1, -0.05) is 143 Å². The van der Waals surface area contributed by atoms with Gasteiger partial charge in [-0.05, 0) is 32.8 Å². The van der Waals surface area contributed by atoms with E-state index in [2.05, 4.69) is 76.2 Å². The lowest BCUT2D eigenvalue weighted by atomic mass is 10.0. The van der Waals surface area contributed by atoms with Crippen molar-refractivity contribution < 1.29 is 0 Å². The molecule has 4 rings (SSSR count). The van der Waals surface area contributed by atoms with Crippen LogP contribution in [0.2, 0.25) is 0 Å². The molecular weight excluding hydrogens is 336 g/mol. The third-order valence-electron chi connectivity index (χ3n) is 5.50. The highest BCUT2D eigenvalue weighted by molar-refractivity contribution is 5.21. The van der Waals surface area contributed by atoms with Gasteiger partial charge in [0, 0.05) is 0 Å². The highest BCUT2D eigenvalue weighted by Crippen LogP contribution is 2.15. The van der Waals surface area contributed by atoms with E-state index in [1.807, 2.05) is 0 Å². The van der Waals surface area contributed by atoms with E-state index in [1.165, 1.54) is 92.9 Å². The van der Waals surface area contributed by atoms with Gasteiger partial charge in [0.25, 0.3) is 0 Å². The predicted octanol–water partition coefficient (Wildman–Crippen LogP) is 9.15. The van der Waals surface area contributed by atoms with E-state index in [0.29, 0.717) is 0 Å². The first-order valence-corrected chi connectivity index (χ1v) is 11.7. The molecule has 0 N–H and O–H groups in total. The third-order valence-corrected chi connectivity index (χ3v) is 5.50. The normalized spacial score (nSPS) is 15.1. The second kappa shape index (κ2) is 16.4. The zero-order chi connectivity index (χ0) is 20.5. The number of aryl methyl sites for hydroxylation is 4. The quantitative estimate of drug-likeness (QED) is 0.462. The molecule has 0 spiro atoms. The maximum atomic E-state index is 2.18. The van der Waals surface area contributed by atoms with Gasteiger partial charge in [0.2, 0.25) is 0 Å². The zero-order valence-corrected chi connectivity index (χ0v) is 19.1. The van der Waals surface area contributed by atoms with E-state index >= 15 is 0 Å². The van der Waals surface area contributed by atoms with Gasteiger partial charge in [0.15, 0.2) is 0 Å². The smallest absolute Gasteiger partial charge is 0.0307 e. The SMILES string of the molecule is C1CCCC1.C1CCCCC1.CCc1ccc(C)cc1.Cc1ccc(C)cc1. The third kappa shape index (κ3) is 13.6. The van der Waals surface area contributed by atoms with Gasteiger partial charge in [-0.15, -0.1) is 0 Å². The molecule has 0 aliphatic heterocycles. The van der Waals surface area contributed by atoms with Gasteiger partial charge in [0.1, 0.15) is 0 Å². The van der Waals surface area contributed by atoms with Gasteiger partial charge in [-0.25, -0.2) is 0 Å². The summed E-state index contributed by atoms with van der Waals surface area (Å²) in [7, 11) is 0. The molecule has 0 amide bonds. The molecule has 0 heterocycles. The molecule has 0 unspecified atom stereocenters. The summed E-state index contributed by atoms with van der Waals surface area (Å²) >= 11 is 0. The summed E-state index contributed by atoms with van der Waals surface area (Å²) in [6.45, 7) is 8.48. The van der Waals surface area contributed by atoms with Crippen LogP contribution in [-0.4, -0.2) is 0 Å². The molecule has 2 fully saturated rings. The molecule has 2 saturated carbocycles. The Labute approximate surface area is 175 Å². The Morgan fingerprint density at radius 2 is 0.643 bits per heavy atom. The molecule has 0 radical (unpaired) electrons. The van der Waals surface area contributed by atoms with Crippen molar-refractivity contribution in [3.8, 4) is 0 Å². The largest absolute Gasteiger partial charge is 0.0613 e. The zero-order valence-electron chi connectivity index (χ0n) is 19.1. The Morgan fingerprint density at radius 3 is 0.857 bits per heavy atom. The Bertz CT molecular complexity index is 528. The number of benzene rings is 2. The lowest BCUT2D eigenvalue weighted by molar-refractivity contribution is 0.504. The Morgan fingerprint density at radius 1 is 0.429 bits per heavy atom. The van der Waals surface area contributed by atoms with E-state index < -0.39 is 0 Å². The minimum Gasteiger partial charge on any atom is -0.0613 e. The van der Waals surface area contributed by atoms with Gasteiger partial charge in [0.05, 0.1) is 0 Å². The summed E-state index contributed by atoms with van der Waals surface area (Å²) in [4.78, 5) is 0. The second-order valence-corrected chi connectivity index (χ2v) is 8.38. The summed E-state index contributed by atoms with van der Waals surface area (Å²) in [5, 5.41) is 0. The number of hydrogen-bond donors (Lipinski definition) is 0. The fourth-order valence-corrected chi connectivity index (χ4v) is 3.41. The number of hydrogen-bond acceptors (Lipinski definition) is 0. The van der Waals surface area contributed by atoms with Crippen LogP contribution in [0.1, 0.15) is 99.8 Å². The number of rotatable bonds is 1. The summed E-state index contributed by atoms with van der Waals surface area (Å²) in [6.07, 6.45) is 17.6. The van der Waals surface area contributed by atoms with Crippen LogP contribution < -0.4 is 0 Å². The molecule has 2 aliphatic rings. The molecule has 0 heteroatoms. The van der Waals surface area contributed by atoms with Gasteiger partial charge >= 0.3 is 0 Å². The summed E-state index contributed by atoms with van der Waals surface area (Å²) in [6, 6.07) is 17.1. The Balaban J connectivity index is 0.000000191. The Kier molecular flexibility index (Phi) is 14.3. The van der Waals surface area contributed by atoms with E-state index in [0.717, 1.165) is 6.42 Å². The highest BCUT2D eigenvalue weighted by Gasteiger charge is 1.96. The fraction of sp³-hybridized carbons (Fsp3) is 0.571. The minimum absolute atomic E-state index is 1.14. The average molecular weight is 381 g/mol. The van der Waals surface area contributed by atoms with Crippen molar-refractivity contribution in [2.75, 3.05) is 0 Å². The van der Waals surface area contributed by atoms with Gasteiger partial charge in [-0.2, -0.15) is 0 Å². The van der Waals surface area contributed by atoms with Crippen molar-refractivity contribution in [2.45, 2.75) is 105 Å². The lowest BCUT2D eigenvalue weighted by Crippen LogP contribution is -1.85. The van der Waals surface area contributed by atoms with Crippen LogP contribution in [-0.2, 0) is 6.42 Å². The van der Waals surface area contributed by atoms with E-state index in [1.54, 1.807) is 0 Å². The molecule has 0 saturated heterocycles. The maximum Gasteiger partial charge on any atom is -0.0307 e. The van der Waals surface area contributed by atoms with E-state index in [4.69, 9.17) is 0 Å². The van der Waals surface area contributed by atoms with Crippen LogP contribution in [0.25, 0.3) is 0 Å². The molecule has 28 heavy (non-hydrogen) atoms. The highest BCUT2D eigenvalue weighted by atomic mass is 14.0. The predicted molar refractivity (Wildman–Crippen MR) is 127 cm³/mol. The minimum atomic E-state index is 1.14. The van der Waals surface area contributed by atoms with Crippen molar-refractivity contribution in [2.24, 2.45) is 0 Å². The van der Waals surface area contributed by atoms with Crippen LogP contribution in [0.3, 0.4) is 0 Å². The molecule has 156 valence electrons. The van der Waals surface area contributed by atoms with Crippen LogP contribution in [0.5, 0.6) is 0 Å². The van der Waals surface area contributed by atoms with Crippen molar-refractivity contribution in [1.82, 2.24) is 0 Å². The van der Waals surface area contributed by atoms with Crippen molar-refractivity contribution >= 4 is 0 Å². The summed E-state index contributed by atoms with van der Waals surface area (Å²) in [5.41, 5.74) is 5.42. The molecular formula is C28H44. The molecule has 0 nitrogen and oxygen atoms in total. The first-order valence-electron chi connectivity index (χ1n) is 11.7. The fourth-order valence-electron chi connectivity index (χ4n) is 3.41. The molecule has 2 aliphatic carbocycles.